The molecule has 2 aliphatic heterocycles. The van der Waals surface area contributed by atoms with E-state index in [1.54, 1.807) is 21.9 Å². The zero-order valence-corrected chi connectivity index (χ0v) is 15.2. The normalized spacial score (nSPS) is 18.5. The molecule has 0 spiro atoms. The maximum Gasteiger partial charge on any atom is 0.242 e. The Morgan fingerprint density at radius 3 is 2.68 bits per heavy atom. The lowest BCUT2D eigenvalue weighted by Crippen LogP contribution is -2.46. The molecule has 0 atom stereocenters. The van der Waals surface area contributed by atoms with E-state index in [1.807, 2.05) is 0 Å². The lowest BCUT2D eigenvalue weighted by molar-refractivity contribution is -0.139. The Labute approximate surface area is 155 Å². The molecule has 0 bridgehead atoms. The Balaban J connectivity index is 1.46. The van der Waals surface area contributed by atoms with Gasteiger partial charge in [-0.3, -0.25) is 14.4 Å². The van der Waals surface area contributed by atoms with E-state index in [-0.39, 0.29) is 30.2 Å². The van der Waals surface area contributed by atoms with Crippen molar-refractivity contribution in [3.8, 4) is 0 Å². The van der Waals surface area contributed by atoms with Gasteiger partial charge < -0.3 is 15.1 Å². The molecular weight excluding hydrogens is 364 g/mol. The minimum absolute atomic E-state index is 0.0167. The number of rotatable bonds is 4. The highest BCUT2D eigenvalue weighted by Gasteiger charge is 2.30. The van der Waals surface area contributed by atoms with Crippen LogP contribution in [0.15, 0.2) is 18.3 Å². The molecule has 1 aromatic heterocycles. The summed E-state index contributed by atoms with van der Waals surface area (Å²) in [4.78, 5) is 43.6. The number of thioether (sulfide) groups is 1. The van der Waals surface area contributed by atoms with Gasteiger partial charge in [0.15, 0.2) is 0 Å². The largest absolute Gasteiger partial charge is 0.341 e. The summed E-state index contributed by atoms with van der Waals surface area (Å²) in [6.07, 6.45) is 2.69. The Kier molecular flexibility index (Phi) is 5.80. The number of carbonyl (C=O) groups is 3. The van der Waals surface area contributed by atoms with Crippen LogP contribution in [0, 0.1) is 5.92 Å². The molecule has 0 saturated carbocycles. The number of halogens is 1. The predicted molar refractivity (Wildman–Crippen MR) is 96.2 cm³/mol. The van der Waals surface area contributed by atoms with Crippen LogP contribution in [0.25, 0.3) is 0 Å². The van der Waals surface area contributed by atoms with E-state index in [2.05, 4.69) is 10.3 Å². The number of aromatic nitrogens is 1. The average Bonchev–Trinajstić information content (AvgIpc) is 3.02. The molecule has 2 saturated heterocycles. The molecule has 3 rings (SSSR count). The van der Waals surface area contributed by atoms with Gasteiger partial charge in [0.2, 0.25) is 17.7 Å². The van der Waals surface area contributed by atoms with Crippen LogP contribution in [0.1, 0.15) is 12.8 Å². The zero-order chi connectivity index (χ0) is 17.8. The van der Waals surface area contributed by atoms with E-state index in [0.717, 1.165) is 0 Å². The van der Waals surface area contributed by atoms with Crippen molar-refractivity contribution in [3.05, 3.63) is 23.4 Å². The molecule has 9 heteroatoms. The standard InChI is InChI=1S/C16H19ClN4O3S/c17-12-1-2-13(18-7-12)19-16(24)11-3-5-20(6-4-11)14(22)8-21-10-25-9-15(21)23/h1-2,7,11H,3-6,8-10H2,(H,18,19,24). The van der Waals surface area contributed by atoms with E-state index in [0.29, 0.717) is 48.4 Å². The quantitative estimate of drug-likeness (QED) is 0.852. The van der Waals surface area contributed by atoms with Crippen LogP contribution in [0.5, 0.6) is 0 Å². The van der Waals surface area contributed by atoms with Crippen LogP contribution in [0.2, 0.25) is 5.02 Å². The third kappa shape index (κ3) is 4.64. The maximum absolute atomic E-state index is 12.3. The van der Waals surface area contributed by atoms with E-state index in [4.69, 9.17) is 11.6 Å². The van der Waals surface area contributed by atoms with Gasteiger partial charge in [0.1, 0.15) is 12.4 Å². The summed E-state index contributed by atoms with van der Waals surface area (Å²) in [7, 11) is 0. The molecule has 0 radical (unpaired) electrons. The van der Waals surface area contributed by atoms with Crippen molar-refractivity contribution in [2.24, 2.45) is 5.92 Å². The fraction of sp³-hybridized carbons (Fsp3) is 0.500. The highest BCUT2D eigenvalue weighted by Crippen LogP contribution is 2.21. The van der Waals surface area contributed by atoms with Crippen LogP contribution in [0.4, 0.5) is 5.82 Å². The van der Waals surface area contributed by atoms with Crippen molar-refractivity contribution >= 4 is 46.9 Å². The summed E-state index contributed by atoms with van der Waals surface area (Å²) in [5.41, 5.74) is 0. The fourth-order valence-electron chi connectivity index (χ4n) is 2.87. The summed E-state index contributed by atoms with van der Waals surface area (Å²) < 4.78 is 0. The number of piperidine rings is 1. The van der Waals surface area contributed by atoms with Crippen molar-refractivity contribution in [1.82, 2.24) is 14.8 Å². The number of carbonyl (C=O) groups excluding carboxylic acids is 3. The molecular formula is C16H19ClN4O3S. The van der Waals surface area contributed by atoms with Gasteiger partial charge in [-0.2, -0.15) is 0 Å². The van der Waals surface area contributed by atoms with Crippen molar-refractivity contribution in [2.45, 2.75) is 12.8 Å². The fourth-order valence-corrected chi connectivity index (χ4v) is 3.89. The first kappa shape index (κ1) is 18.0. The summed E-state index contributed by atoms with van der Waals surface area (Å²) in [6.45, 7) is 1.19. The third-order valence-corrected chi connectivity index (χ3v) is 5.52. The number of pyridine rings is 1. The van der Waals surface area contributed by atoms with Crippen molar-refractivity contribution in [3.63, 3.8) is 0 Å². The molecule has 0 aromatic carbocycles. The molecule has 2 fully saturated rings. The molecule has 1 aromatic rings. The molecule has 134 valence electrons. The summed E-state index contributed by atoms with van der Waals surface area (Å²) in [6, 6.07) is 3.33. The highest BCUT2D eigenvalue weighted by atomic mass is 35.5. The molecule has 1 N–H and O–H groups in total. The Morgan fingerprint density at radius 1 is 1.32 bits per heavy atom. The van der Waals surface area contributed by atoms with Gasteiger partial charge in [-0.05, 0) is 25.0 Å². The predicted octanol–water partition coefficient (Wildman–Crippen LogP) is 1.45. The molecule has 0 unspecified atom stereocenters. The van der Waals surface area contributed by atoms with Crippen LogP contribution in [-0.2, 0) is 14.4 Å². The van der Waals surface area contributed by atoms with Gasteiger partial charge >= 0.3 is 0 Å². The zero-order valence-electron chi connectivity index (χ0n) is 13.6. The second-order valence-corrected chi connectivity index (χ2v) is 7.47. The van der Waals surface area contributed by atoms with E-state index in [9.17, 15) is 14.4 Å². The number of hydrogen-bond acceptors (Lipinski definition) is 5. The van der Waals surface area contributed by atoms with E-state index in [1.165, 1.54) is 18.0 Å². The summed E-state index contributed by atoms with van der Waals surface area (Å²) >= 11 is 7.30. The first-order chi connectivity index (χ1) is 12.0. The number of nitrogens with one attached hydrogen (secondary N) is 1. The van der Waals surface area contributed by atoms with Gasteiger partial charge in [-0.25, -0.2) is 4.98 Å². The van der Waals surface area contributed by atoms with Gasteiger partial charge in [0, 0.05) is 25.2 Å². The Morgan fingerprint density at radius 2 is 2.08 bits per heavy atom. The molecule has 7 nitrogen and oxygen atoms in total. The third-order valence-electron chi connectivity index (χ3n) is 4.35. The average molecular weight is 383 g/mol. The minimum Gasteiger partial charge on any atom is -0.341 e. The summed E-state index contributed by atoms with van der Waals surface area (Å²) in [5, 5.41) is 3.29. The van der Waals surface area contributed by atoms with Gasteiger partial charge in [-0.15, -0.1) is 11.8 Å². The van der Waals surface area contributed by atoms with Crippen molar-refractivity contribution in [2.75, 3.05) is 36.6 Å². The monoisotopic (exact) mass is 382 g/mol. The number of nitrogens with zero attached hydrogens (tertiary/aromatic N) is 3. The second kappa shape index (κ2) is 8.05. The number of anilines is 1. The summed E-state index contributed by atoms with van der Waals surface area (Å²) in [5.74, 6) is 1.24. The van der Waals surface area contributed by atoms with Gasteiger partial charge in [0.25, 0.3) is 0 Å². The maximum atomic E-state index is 12.3. The van der Waals surface area contributed by atoms with Crippen LogP contribution >= 0.6 is 23.4 Å². The van der Waals surface area contributed by atoms with E-state index < -0.39 is 0 Å². The lowest BCUT2D eigenvalue weighted by atomic mass is 9.96. The second-order valence-electron chi connectivity index (χ2n) is 6.08. The first-order valence-electron chi connectivity index (χ1n) is 8.08. The number of hydrogen-bond donors (Lipinski definition) is 1. The Bertz CT molecular complexity index is 662. The topological polar surface area (TPSA) is 82.6 Å². The lowest BCUT2D eigenvalue weighted by Gasteiger charge is -2.32. The highest BCUT2D eigenvalue weighted by molar-refractivity contribution is 8.00. The minimum atomic E-state index is -0.148. The van der Waals surface area contributed by atoms with Crippen molar-refractivity contribution in [1.29, 1.82) is 0 Å². The molecule has 0 aliphatic carbocycles. The first-order valence-corrected chi connectivity index (χ1v) is 9.62. The SMILES string of the molecule is O=C(Nc1ccc(Cl)cn1)C1CCN(C(=O)CN2CSCC2=O)CC1. The van der Waals surface area contributed by atoms with E-state index >= 15 is 0 Å². The van der Waals surface area contributed by atoms with Gasteiger partial charge in [-0.1, -0.05) is 11.6 Å². The van der Waals surface area contributed by atoms with Crippen LogP contribution in [-0.4, -0.2) is 63.8 Å². The van der Waals surface area contributed by atoms with Crippen LogP contribution < -0.4 is 5.32 Å². The molecule has 25 heavy (non-hydrogen) atoms. The Hall–Kier alpha value is -1.80. The number of amides is 3. The molecule has 3 heterocycles. The molecule has 2 aliphatic rings. The smallest absolute Gasteiger partial charge is 0.242 e. The van der Waals surface area contributed by atoms with Gasteiger partial charge in [0.05, 0.1) is 16.7 Å². The molecule has 3 amide bonds. The van der Waals surface area contributed by atoms with Crippen LogP contribution in [0.3, 0.4) is 0 Å². The van der Waals surface area contributed by atoms with Crippen molar-refractivity contribution < 1.29 is 14.4 Å². The number of likely N-dealkylation sites (tertiary alicyclic amines) is 1.